The van der Waals surface area contributed by atoms with Crippen molar-refractivity contribution in [3.63, 3.8) is 0 Å². The van der Waals surface area contributed by atoms with Crippen molar-refractivity contribution in [2.45, 2.75) is 33.0 Å². The molecule has 0 saturated carbocycles. The van der Waals surface area contributed by atoms with E-state index < -0.39 is 11.7 Å². The van der Waals surface area contributed by atoms with Gasteiger partial charge in [-0.2, -0.15) is 0 Å². The Morgan fingerprint density at radius 3 is 2.35 bits per heavy atom. The molecule has 0 saturated heterocycles. The number of benzene rings is 1. The summed E-state index contributed by atoms with van der Waals surface area (Å²) >= 11 is 0. The van der Waals surface area contributed by atoms with Crippen LogP contribution in [0.1, 0.15) is 26.3 Å². The van der Waals surface area contributed by atoms with Gasteiger partial charge in [-0.05, 0) is 26.3 Å². The van der Waals surface area contributed by atoms with Crippen LogP contribution in [-0.4, -0.2) is 11.7 Å². The van der Waals surface area contributed by atoms with Gasteiger partial charge in [-0.15, -0.1) is 0 Å². The third-order valence-corrected chi connectivity index (χ3v) is 1.61. The fourth-order valence-corrected chi connectivity index (χ4v) is 1.01. The summed E-state index contributed by atoms with van der Waals surface area (Å²) in [5.41, 5.74) is 3.75. The molecule has 0 unspecified atom stereocenters. The van der Waals surface area contributed by atoms with Crippen molar-refractivity contribution in [3.8, 4) is 0 Å². The zero-order chi connectivity index (χ0) is 12.0. The molecule has 0 aromatic heterocycles. The predicted molar refractivity (Wildman–Crippen MR) is 60.8 cm³/mol. The van der Waals surface area contributed by atoms with Crippen LogP contribution < -0.4 is 51.4 Å². The fourth-order valence-electron chi connectivity index (χ4n) is 1.01. The Morgan fingerprint density at radius 2 is 1.82 bits per heavy atom. The monoisotopic (exact) mass is 261 g/mol. The number of amides is 1. The van der Waals surface area contributed by atoms with Gasteiger partial charge in [-0.3, -0.25) is 4.79 Å². The summed E-state index contributed by atoms with van der Waals surface area (Å²) in [5, 5.41) is 0. The van der Waals surface area contributed by atoms with Crippen LogP contribution in [0.3, 0.4) is 0 Å². The van der Waals surface area contributed by atoms with Gasteiger partial charge in [-0.1, -0.05) is 30.3 Å². The summed E-state index contributed by atoms with van der Waals surface area (Å²) in [4.78, 5) is 16.0. The minimum absolute atomic E-state index is 0. The summed E-state index contributed by atoms with van der Waals surface area (Å²) in [6.45, 7) is 5.59. The normalized spacial score (nSPS) is 10.3. The van der Waals surface area contributed by atoms with Crippen LogP contribution in [-0.2, 0) is 16.2 Å². The van der Waals surface area contributed by atoms with E-state index in [1.807, 2.05) is 30.3 Å². The van der Waals surface area contributed by atoms with Crippen molar-refractivity contribution in [1.29, 1.82) is 0 Å². The quantitative estimate of drug-likeness (QED) is 0.586. The molecule has 0 aliphatic carbocycles. The van der Waals surface area contributed by atoms with Crippen LogP contribution >= 0.6 is 0 Å². The molecule has 0 fully saturated rings. The van der Waals surface area contributed by atoms with E-state index in [1.165, 1.54) is 0 Å². The van der Waals surface area contributed by atoms with Crippen molar-refractivity contribution in [2.75, 3.05) is 0 Å². The average Bonchev–Trinajstić information content (AvgIpc) is 2.16. The molecule has 0 N–H and O–H groups in total. The molecule has 5 heteroatoms. The number of hydroxylamine groups is 1. The number of ether oxygens (including phenoxy) is 1. The molecule has 0 spiro atoms. The number of carbonyl (C=O) groups excluding carboxylic acids is 1. The van der Waals surface area contributed by atoms with E-state index in [4.69, 9.17) is 9.57 Å². The smallest absolute Gasteiger partial charge is 0.495 e. The van der Waals surface area contributed by atoms with Gasteiger partial charge >= 0.3 is 51.4 Å². The van der Waals surface area contributed by atoms with Crippen molar-refractivity contribution in [2.24, 2.45) is 0 Å². The van der Waals surface area contributed by atoms with Gasteiger partial charge in [0, 0.05) is 0 Å². The van der Waals surface area contributed by atoms with Crippen molar-refractivity contribution in [1.82, 2.24) is 0 Å². The molecule has 0 aliphatic rings. The zero-order valence-corrected chi connectivity index (χ0v) is 13.9. The van der Waals surface area contributed by atoms with E-state index >= 15 is 0 Å². The molecule has 0 aliphatic heterocycles. The first-order valence-corrected chi connectivity index (χ1v) is 5.07. The van der Waals surface area contributed by atoms with Gasteiger partial charge in [0.2, 0.25) is 0 Å². The Hall–Kier alpha value is 0.0864. The number of hydrogen-bond acceptors (Lipinski definition) is 3. The summed E-state index contributed by atoms with van der Waals surface area (Å²) < 4.78 is 4.95. The van der Waals surface area contributed by atoms with Crippen molar-refractivity contribution in [3.05, 3.63) is 41.4 Å². The Morgan fingerprint density at radius 1 is 1.24 bits per heavy atom. The second-order valence-electron chi connectivity index (χ2n) is 4.33. The zero-order valence-electron chi connectivity index (χ0n) is 10.8. The van der Waals surface area contributed by atoms with Crippen LogP contribution in [0.2, 0.25) is 0 Å². The standard InChI is InChI=1S/C12H17NO3.K/c1-12(2,3)16-11(14)13-15-9-10-7-5-4-6-8-10;/h4-8H,9H2,1-3H3,(H,13,14);/q;+1/p-1. The SMILES string of the molecule is CC(C)(C)OC(=O)[N-]OCc1ccccc1.[K+]. The van der Waals surface area contributed by atoms with E-state index in [2.05, 4.69) is 5.48 Å². The summed E-state index contributed by atoms with van der Waals surface area (Å²) in [6.07, 6.45) is -0.705. The molecule has 0 radical (unpaired) electrons. The Kier molecular flexibility index (Phi) is 8.28. The first-order chi connectivity index (χ1) is 7.47. The molecule has 1 rings (SSSR count). The number of carbonyl (C=O) groups is 1. The van der Waals surface area contributed by atoms with Gasteiger partial charge in [-0.25, -0.2) is 0 Å². The third-order valence-electron chi connectivity index (χ3n) is 1.61. The van der Waals surface area contributed by atoms with Crippen LogP contribution in [0.25, 0.3) is 5.48 Å². The number of nitrogens with zero attached hydrogens (tertiary/aromatic N) is 1. The molecular weight excluding hydrogens is 245 g/mol. The predicted octanol–water partition coefficient (Wildman–Crippen LogP) is 0.431. The third kappa shape index (κ3) is 8.76. The summed E-state index contributed by atoms with van der Waals surface area (Å²) in [5.74, 6) is 0. The maximum atomic E-state index is 11.1. The molecule has 1 aromatic rings. The second kappa shape index (κ2) is 8.23. The average molecular weight is 261 g/mol. The van der Waals surface area contributed by atoms with Crippen LogP contribution in [0, 0.1) is 0 Å². The fraction of sp³-hybridized carbons (Fsp3) is 0.417. The topological polar surface area (TPSA) is 49.6 Å². The molecule has 0 atom stereocenters. The van der Waals surface area contributed by atoms with E-state index in [-0.39, 0.29) is 58.0 Å². The van der Waals surface area contributed by atoms with Crippen molar-refractivity contribution < 1.29 is 65.8 Å². The minimum Gasteiger partial charge on any atom is -0.495 e. The summed E-state index contributed by atoms with van der Waals surface area (Å²) in [7, 11) is 0. The largest absolute Gasteiger partial charge is 1.00 e. The molecule has 1 aromatic carbocycles. The summed E-state index contributed by atoms with van der Waals surface area (Å²) in [6, 6.07) is 9.49. The second-order valence-corrected chi connectivity index (χ2v) is 4.33. The van der Waals surface area contributed by atoms with Crippen LogP contribution in [0.5, 0.6) is 0 Å². The molecule has 88 valence electrons. The Bertz CT molecular complexity index is 335. The van der Waals surface area contributed by atoms with Gasteiger partial charge in [0.15, 0.2) is 0 Å². The number of hydrogen-bond donors (Lipinski definition) is 0. The van der Waals surface area contributed by atoms with Crippen LogP contribution in [0.4, 0.5) is 4.79 Å². The van der Waals surface area contributed by atoms with Crippen LogP contribution in [0.15, 0.2) is 30.3 Å². The molecule has 0 heterocycles. The molecule has 0 bridgehead atoms. The van der Waals surface area contributed by atoms with E-state index in [9.17, 15) is 4.79 Å². The van der Waals surface area contributed by atoms with Gasteiger partial charge < -0.3 is 15.1 Å². The molecular formula is C12H16KNO3. The van der Waals surface area contributed by atoms with E-state index in [0.717, 1.165) is 5.56 Å². The minimum atomic E-state index is -0.705. The molecule has 4 nitrogen and oxygen atoms in total. The number of rotatable bonds is 3. The Labute approximate surface area is 144 Å². The molecule has 1 amide bonds. The van der Waals surface area contributed by atoms with Gasteiger partial charge in [0.1, 0.15) is 5.60 Å². The first-order valence-electron chi connectivity index (χ1n) is 5.07. The van der Waals surface area contributed by atoms with Gasteiger partial charge in [0.25, 0.3) is 6.09 Å². The van der Waals surface area contributed by atoms with E-state index in [0.29, 0.717) is 0 Å². The maximum Gasteiger partial charge on any atom is 1.00 e. The maximum absolute atomic E-state index is 11.1. The van der Waals surface area contributed by atoms with Gasteiger partial charge in [0.05, 0.1) is 6.61 Å². The first kappa shape index (κ1) is 17.1. The molecule has 17 heavy (non-hydrogen) atoms. The van der Waals surface area contributed by atoms with E-state index in [1.54, 1.807) is 20.8 Å². The van der Waals surface area contributed by atoms with Crippen molar-refractivity contribution >= 4 is 6.09 Å². The Balaban J connectivity index is 0.00000256.